The van der Waals surface area contributed by atoms with Crippen molar-refractivity contribution in [2.24, 2.45) is 5.41 Å². The topological polar surface area (TPSA) is 93.4 Å². The summed E-state index contributed by atoms with van der Waals surface area (Å²) in [5, 5.41) is 13.7. The zero-order valence-electron chi connectivity index (χ0n) is 13.8. The highest BCUT2D eigenvalue weighted by atomic mass is 32.1. The van der Waals surface area contributed by atoms with Crippen LogP contribution in [-0.4, -0.2) is 30.3 Å². The Morgan fingerprint density at radius 3 is 2.88 bits per heavy atom. The fourth-order valence-electron chi connectivity index (χ4n) is 3.12. The van der Waals surface area contributed by atoms with Crippen molar-refractivity contribution in [2.45, 2.75) is 51.9 Å². The van der Waals surface area contributed by atoms with Crippen LogP contribution >= 0.6 is 11.3 Å². The van der Waals surface area contributed by atoms with Crippen LogP contribution in [0, 0.1) is 5.41 Å². The van der Waals surface area contributed by atoms with E-state index in [2.05, 4.69) is 44.2 Å². The van der Waals surface area contributed by atoms with Gasteiger partial charge in [-0.3, -0.25) is 5.10 Å². The van der Waals surface area contributed by atoms with E-state index in [0.29, 0.717) is 29.5 Å². The third-order valence-electron chi connectivity index (χ3n) is 4.69. The largest absolute Gasteiger partial charge is 0.339 e. The van der Waals surface area contributed by atoms with Crippen LogP contribution in [-0.2, 0) is 6.42 Å². The van der Waals surface area contributed by atoms with Crippen molar-refractivity contribution in [3.8, 4) is 10.8 Å². The SMILES string of the molecule is CC1(C)CCC(c2noc(Cc3csc(-c4ncn[nH]4)n3)n2)CC1. The minimum Gasteiger partial charge on any atom is -0.339 e. The number of nitrogens with zero attached hydrogens (tertiary/aromatic N) is 5. The zero-order valence-corrected chi connectivity index (χ0v) is 14.6. The second-order valence-corrected chi connectivity index (χ2v) is 8.00. The standard InChI is InChI=1S/C16H20N6OS/c1-16(2)5-3-10(4-6-16)13-20-12(23-22-13)7-11-8-24-15(19-11)14-17-9-18-21-14/h8-10H,3-7H2,1-2H3,(H,17,18,21). The second kappa shape index (κ2) is 6.08. The van der Waals surface area contributed by atoms with Gasteiger partial charge in [0.2, 0.25) is 5.89 Å². The molecule has 1 aliphatic rings. The smallest absolute Gasteiger partial charge is 0.232 e. The summed E-state index contributed by atoms with van der Waals surface area (Å²) >= 11 is 1.53. The van der Waals surface area contributed by atoms with Gasteiger partial charge in [-0.25, -0.2) is 9.97 Å². The Morgan fingerprint density at radius 2 is 2.12 bits per heavy atom. The predicted octanol–water partition coefficient (Wildman–Crippen LogP) is 3.59. The van der Waals surface area contributed by atoms with E-state index in [4.69, 9.17) is 4.52 Å². The monoisotopic (exact) mass is 344 g/mol. The Bertz CT molecular complexity index is 796. The Kier molecular flexibility index (Phi) is 3.91. The lowest BCUT2D eigenvalue weighted by Crippen LogP contribution is -2.20. The van der Waals surface area contributed by atoms with E-state index in [-0.39, 0.29) is 0 Å². The minimum atomic E-state index is 0.427. The molecule has 3 heterocycles. The maximum Gasteiger partial charge on any atom is 0.232 e. The molecule has 3 aromatic heterocycles. The fourth-order valence-corrected chi connectivity index (χ4v) is 3.89. The molecule has 3 aromatic rings. The average molecular weight is 344 g/mol. The molecule has 7 nitrogen and oxygen atoms in total. The van der Waals surface area contributed by atoms with Crippen LogP contribution in [0.25, 0.3) is 10.8 Å². The number of aromatic amines is 1. The van der Waals surface area contributed by atoms with E-state index in [0.717, 1.165) is 29.4 Å². The van der Waals surface area contributed by atoms with Crippen LogP contribution in [0.15, 0.2) is 16.2 Å². The molecule has 1 N–H and O–H groups in total. The van der Waals surface area contributed by atoms with Crippen molar-refractivity contribution in [3.63, 3.8) is 0 Å². The van der Waals surface area contributed by atoms with Crippen LogP contribution in [0.1, 0.15) is 62.9 Å². The molecule has 0 spiro atoms. The van der Waals surface area contributed by atoms with Crippen molar-refractivity contribution in [2.75, 3.05) is 0 Å². The summed E-state index contributed by atoms with van der Waals surface area (Å²) in [5.41, 5.74) is 1.35. The van der Waals surface area contributed by atoms with Gasteiger partial charge in [-0.05, 0) is 31.1 Å². The van der Waals surface area contributed by atoms with Crippen LogP contribution in [0.4, 0.5) is 0 Å². The van der Waals surface area contributed by atoms with Gasteiger partial charge in [-0.1, -0.05) is 19.0 Å². The van der Waals surface area contributed by atoms with E-state index in [1.807, 2.05) is 5.38 Å². The highest BCUT2D eigenvalue weighted by Gasteiger charge is 2.30. The molecular formula is C16H20N6OS. The first-order chi connectivity index (χ1) is 11.6. The molecular weight excluding hydrogens is 324 g/mol. The number of nitrogens with one attached hydrogen (secondary N) is 1. The maximum atomic E-state index is 5.44. The number of hydrogen-bond donors (Lipinski definition) is 1. The lowest BCUT2D eigenvalue weighted by Gasteiger charge is -2.32. The summed E-state index contributed by atoms with van der Waals surface area (Å²) in [5.74, 6) is 2.59. The van der Waals surface area contributed by atoms with Crippen LogP contribution in [0.5, 0.6) is 0 Å². The first-order valence-electron chi connectivity index (χ1n) is 8.22. The Balaban J connectivity index is 1.42. The first kappa shape index (κ1) is 15.4. The second-order valence-electron chi connectivity index (χ2n) is 7.14. The van der Waals surface area contributed by atoms with Gasteiger partial charge in [0.25, 0.3) is 0 Å². The number of rotatable bonds is 4. The lowest BCUT2D eigenvalue weighted by molar-refractivity contribution is 0.218. The van der Waals surface area contributed by atoms with E-state index in [9.17, 15) is 0 Å². The Labute approximate surface area is 143 Å². The molecule has 4 rings (SSSR count). The maximum absolute atomic E-state index is 5.44. The van der Waals surface area contributed by atoms with Gasteiger partial charge in [-0.2, -0.15) is 10.1 Å². The number of aromatic nitrogens is 6. The summed E-state index contributed by atoms with van der Waals surface area (Å²) in [4.78, 5) is 13.3. The van der Waals surface area contributed by atoms with Crippen molar-refractivity contribution in [3.05, 3.63) is 29.1 Å². The first-order valence-corrected chi connectivity index (χ1v) is 9.10. The molecule has 0 amide bonds. The van der Waals surface area contributed by atoms with Gasteiger partial charge in [-0.15, -0.1) is 11.3 Å². The summed E-state index contributed by atoms with van der Waals surface area (Å²) in [7, 11) is 0. The van der Waals surface area contributed by atoms with Gasteiger partial charge in [0, 0.05) is 11.3 Å². The minimum absolute atomic E-state index is 0.427. The molecule has 0 radical (unpaired) electrons. The summed E-state index contributed by atoms with van der Waals surface area (Å²) in [6.07, 6.45) is 6.74. The van der Waals surface area contributed by atoms with Crippen molar-refractivity contribution >= 4 is 11.3 Å². The van der Waals surface area contributed by atoms with Gasteiger partial charge >= 0.3 is 0 Å². The highest BCUT2D eigenvalue weighted by molar-refractivity contribution is 7.13. The third-order valence-corrected chi connectivity index (χ3v) is 5.59. The van der Waals surface area contributed by atoms with Crippen molar-refractivity contribution < 1.29 is 4.52 Å². The molecule has 1 aliphatic carbocycles. The quantitative estimate of drug-likeness (QED) is 0.777. The molecule has 126 valence electrons. The van der Waals surface area contributed by atoms with Gasteiger partial charge < -0.3 is 4.52 Å². The van der Waals surface area contributed by atoms with Crippen molar-refractivity contribution in [1.82, 2.24) is 30.3 Å². The molecule has 0 aromatic carbocycles. The average Bonchev–Trinajstić information content (AvgIpc) is 3.28. The molecule has 0 unspecified atom stereocenters. The van der Waals surface area contributed by atoms with Crippen LogP contribution in [0.3, 0.4) is 0 Å². The number of thiazole rings is 1. The van der Waals surface area contributed by atoms with Gasteiger partial charge in [0.15, 0.2) is 16.7 Å². The van der Waals surface area contributed by atoms with E-state index in [1.165, 1.54) is 30.5 Å². The van der Waals surface area contributed by atoms with Gasteiger partial charge in [0.1, 0.15) is 6.33 Å². The Morgan fingerprint density at radius 1 is 1.29 bits per heavy atom. The summed E-state index contributed by atoms with van der Waals surface area (Å²) < 4.78 is 5.44. The molecule has 24 heavy (non-hydrogen) atoms. The molecule has 0 atom stereocenters. The molecule has 8 heteroatoms. The van der Waals surface area contributed by atoms with Crippen LogP contribution < -0.4 is 0 Å². The summed E-state index contributed by atoms with van der Waals surface area (Å²) in [6.45, 7) is 4.67. The van der Waals surface area contributed by atoms with Crippen molar-refractivity contribution in [1.29, 1.82) is 0 Å². The zero-order chi connectivity index (χ0) is 16.6. The molecule has 0 aliphatic heterocycles. The molecule has 0 saturated heterocycles. The van der Waals surface area contributed by atoms with Crippen LogP contribution in [0.2, 0.25) is 0 Å². The van der Waals surface area contributed by atoms with Gasteiger partial charge in [0.05, 0.1) is 12.1 Å². The summed E-state index contributed by atoms with van der Waals surface area (Å²) in [6, 6.07) is 0. The fraction of sp³-hybridized carbons (Fsp3) is 0.562. The molecule has 0 bridgehead atoms. The van der Waals surface area contributed by atoms with E-state index in [1.54, 1.807) is 0 Å². The predicted molar refractivity (Wildman–Crippen MR) is 89.6 cm³/mol. The number of hydrogen-bond acceptors (Lipinski definition) is 7. The normalized spacial score (nSPS) is 18.1. The Hall–Kier alpha value is -2.09. The number of H-pyrrole nitrogens is 1. The van der Waals surface area contributed by atoms with E-state index < -0.39 is 0 Å². The molecule has 1 saturated carbocycles. The third kappa shape index (κ3) is 3.24. The molecule has 1 fully saturated rings. The van der Waals surface area contributed by atoms with E-state index >= 15 is 0 Å². The highest BCUT2D eigenvalue weighted by Crippen LogP contribution is 2.41. The lowest BCUT2D eigenvalue weighted by atomic mass is 9.73.